The molecule has 3 N–H and O–H groups in total. The fraction of sp³-hybridized carbons (Fsp3) is 0.136. The number of hydrogen-bond donors (Lipinski definition) is 2. The van der Waals surface area contributed by atoms with Crippen LogP contribution < -0.4 is 21.3 Å². The van der Waals surface area contributed by atoms with Crippen LogP contribution in [0.5, 0.6) is 0 Å². The van der Waals surface area contributed by atoms with Crippen LogP contribution in [0.4, 0.5) is 0 Å². The van der Waals surface area contributed by atoms with Gasteiger partial charge in [0.15, 0.2) is 8.07 Å². The second-order valence-corrected chi connectivity index (χ2v) is 11.9. The Bertz CT molecular complexity index is 763. The molecule has 0 saturated heterocycles. The third kappa shape index (κ3) is 4.32. The molecule has 0 aliphatic heterocycles. The maximum absolute atomic E-state index is 11.1. The van der Waals surface area contributed by atoms with Crippen molar-refractivity contribution in [2.75, 3.05) is 11.1 Å². The van der Waals surface area contributed by atoms with Gasteiger partial charge < -0.3 is 10.8 Å². The van der Waals surface area contributed by atoms with Gasteiger partial charge in [0.1, 0.15) is 6.04 Å². The lowest BCUT2D eigenvalue weighted by molar-refractivity contribution is -0.137. The molecule has 0 spiro atoms. The largest absolute Gasteiger partial charge is 0.480 e. The Morgan fingerprint density at radius 1 is 0.815 bits per heavy atom. The standard InChI is InChI=1S/C22H23NO2SSi/c23-21(22(24)25)16-26-17-27(18-10-4-1-5-11-18,19-12-6-2-7-13-19)20-14-8-3-9-15-20/h1-15,21H,16-17,23H2,(H,24,25). The fourth-order valence-electron chi connectivity index (χ4n) is 3.33. The first-order valence-corrected chi connectivity index (χ1v) is 12.2. The molecule has 1 atom stereocenters. The predicted molar refractivity (Wildman–Crippen MR) is 117 cm³/mol. The van der Waals surface area contributed by atoms with Gasteiger partial charge in [0.05, 0.1) is 0 Å². The summed E-state index contributed by atoms with van der Waals surface area (Å²) in [6.07, 6.45) is 0. The molecule has 138 valence electrons. The molecule has 0 amide bonds. The molecule has 0 fully saturated rings. The maximum Gasteiger partial charge on any atom is 0.321 e. The van der Waals surface area contributed by atoms with Gasteiger partial charge in [0.2, 0.25) is 0 Å². The second-order valence-electron chi connectivity index (χ2n) is 6.46. The summed E-state index contributed by atoms with van der Waals surface area (Å²) in [6, 6.07) is 30.9. The number of nitrogens with two attached hydrogens (primary N) is 1. The quantitative estimate of drug-likeness (QED) is 0.453. The van der Waals surface area contributed by atoms with Gasteiger partial charge in [0.25, 0.3) is 0 Å². The Hall–Kier alpha value is -2.34. The first kappa shape index (κ1) is 19.4. The zero-order chi connectivity index (χ0) is 19.1. The number of rotatable bonds is 8. The van der Waals surface area contributed by atoms with E-state index < -0.39 is 20.1 Å². The molecule has 0 heterocycles. The number of carboxylic acid groups (broad SMARTS) is 1. The number of benzene rings is 3. The first-order chi connectivity index (χ1) is 13.1. The number of thioether (sulfide) groups is 1. The monoisotopic (exact) mass is 393 g/mol. The van der Waals surface area contributed by atoms with Crippen LogP contribution >= 0.6 is 11.8 Å². The van der Waals surface area contributed by atoms with E-state index in [2.05, 4.69) is 72.8 Å². The van der Waals surface area contributed by atoms with E-state index in [-0.39, 0.29) is 0 Å². The van der Waals surface area contributed by atoms with Crippen LogP contribution in [0.25, 0.3) is 0 Å². The highest BCUT2D eigenvalue weighted by atomic mass is 32.2. The normalized spacial score (nSPS) is 12.5. The zero-order valence-electron chi connectivity index (χ0n) is 15.0. The van der Waals surface area contributed by atoms with E-state index in [1.54, 1.807) is 11.8 Å². The van der Waals surface area contributed by atoms with E-state index in [1.807, 2.05) is 18.2 Å². The number of hydrogen-bond acceptors (Lipinski definition) is 3. The van der Waals surface area contributed by atoms with E-state index in [9.17, 15) is 4.79 Å². The SMILES string of the molecule is NC(CSC[Si](c1ccccc1)(c1ccccc1)c1ccccc1)C(=O)O. The molecular formula is C22H23NO2SSi. The third-order valence-corrected chi connectivity index (χ3v) is 11.8. The summed E-state index contributed by atoms with van der Waals surface area (Å²) in [5.74, 6) is -0.551. The van der Waals surface area contributed by atoms with Gasteiger partial charge in [-0.2, -0.15) is 11.8 Å². The summed E-state index contributed by atoms with van der Waals surface area (Å²) in [6.45, 7) is 0. The Balaban J connectivity index is 2.10. The zero-order valence-corrected chi connectivity index (χ0v) is 16.8. The van der Waals surface area contributed by atoms with Crippen molar-refractivity contribution in [1.29, 1.82) is 0 Å². The van der Waals surface area contributed by atoms with Gasteiger partial charge in [-0.15, -0.1) is 0 Å². The van der Waals surface area contributed by atoms with E-state index in [0.717, 1.165) is 5.38 Å². The lowest BCUT2D eigenvalue weighted by Crippen LogP contribution is -2.69. The van der Waals surface area contributed by atoms with Crippen LogP contribution in [0.2, 0.25) is 0 Å². The highest BCUT2D eigenvalue weighted by molar-refractivity contribution is 8.01. The molecule has 3 aromatic rings. The van der Waals surface area contributed by atoms with E-state index >= 15 is 0 Å². The molecule has 3 rings (SSSR count). The Morgan fingerprint density at radius 2 is 1.19 bits per heavy atom. The molecule has 1 unspecified atom stereocenters. The van der Waals surface area contributed by atoms with Gasteiger partial charge in [-0.3, -0.25) is 4.79 Å². The van der Waals surface area contributed by atoms with Gasteiger partial charge in [-0.05, 0) is 15.6 Å². The van der Waals surface area contributed by atoms with Crippen molar-refractivity contribution in [3.63, 3.8) is 0 Å². The highest BCUT2D eigenvalue weighted by Crippen LogP contribution is 2.15. The summed E-state index contributed by atoms with van der Waals surface area (Å²) < 4.78 is 0. The number of aliphatic carboxylic acids is 1. The summed E-state index contributed by atoms with van der Waals surface area (Å²) in [5, 5.41) is 13.9. The Kier molecular flexibility index (Phi) is 6.50. The summed E-state index contributed by atoms with van der Waals surface area (Å²) in [4.78, 5) is 11.1. The van der Waals surface area contributed by atoms with E-state index in [0.29, 0.717) is 5.75 Å². The average Bonchev–Trinajstić information content (AvgIpc) is 2.73. The summed E-state index contributed by atoms with van der Waals surface area (Å²) in [7, 11) is -2.31. The van der Waals surface area contributed by atoms with Crippen molar-refractivity contribution in [2.24, 2.45) is 5.73 Å². The molecule has 0 aliphatic rings. The number of carboxylic acids is 1. The predicted octanol–water partition coefficient (Wildman–Crippen LogP) is 1.84. The molecule has 0 radical (unpaired) electrons. The minimum Gasteiger partial charge on any atom is -0.480 e. The minimum absolute atomic E-state index is 0.399. The molecule has 0 bridgehead atoms. The molecule has 0 aromatic heterocycles. The van der Waals surface area contributed by atoms with Crippen LogP contribution in [0.3, 0.4) is 0 Å². The van der Waals surface area contributed by atoms with Crippen molar-refractivity contribution in [2.45, 2.75) is 6.04 Å². The fourth-order valence-corrected chi connectivity index (χ4v) is 10.7. The van der Waals surface area contributed by atoms with Crippen LogP contribution in [0, 0.1) is 0 Å². The molecule has 3 aromatic carbocycles. The average molecular weight is 394 g/mol. The van der Waals surface area contributed by atoms with E-state index in [4.69, 9.17) is 10.8 Å². The molecule has 5 heteroatoms. The highest BCUT2D eigenvalue weighted by Gasteiger charge is 2.39. The van der Waals surface area contributed by atoms with E-state index in [1.165, 1.54) is 15.6 Å². The lowest BCUT2D eigenvalue weighted by Gasteiger charge is -2.33. The number of carbonyl (C=O) groups is 1. The Labute approximate surface area is 165 Å². The molecule has 27 heavy (non-hydrogen) atoms. The molecule has 0 aliphatic carbocycles. The van der Waals surface area contributed by atoms with Crippen LogP contribution in [-0.4, -0.2) is 36.3 Å². The lowest BCUT2D eigenvalue weighted by atomic mass is 10.3. The molecule has 0 saturated carbocycles. The second kappa shape index (κ2) is 9.04. The third-order valence-electron chi connectivity index (χ3n) is 4.73. The smallest absolute Gasteiger partial charge is 0.321 e. The summed E-state index contributed by atoms with van der Waals surface area (Å²) >= 11 is 1.64. The van der Waals surface area contributed by atoms with Gasteiger partial charge in [-0.1, -0.05) is 91.0 Å². The topological polar surface area (TPSA) is 63.3 Å². The molecular weight excluding hydrogens is 370 g/mol. The van der Waals surface area contributed by atoms with Crippen molar-refractivity contribution in [1.82, 2.24) is 0 Å². The van der Waals surface area contributed by atoms with Crippen molar-refractivity contribution in [3.8, 4) is 0 Å². The van der Waals surface area contributed by atoms with Crippen LogP contribution in [0.1, 0.15) is 0 Å². The molecule has 3 nitrogen and oxygen atoms in total. The Morgan fingerprint density at radius 3 is 1.52 bits per heavy atom. The van der Waals surface area contributed by atoms with Gasteiger partial charge in [-0.25, -0.2) is 0 Å². The van der Waals surface area contributed by atoms with Crippen molar-refractivity contribution < 1.29 is 9.90 Å². The maximum atomic E-state index is 11.1. The van der Waals surface area contributed by atoms with Gasteiger partial charge in [0, 0.05) is 11.1 Å². The minimum atomic E-state index is -2.31. The van der Waals surface area contributed by atoms with Gasteiger partial charge >= 0.3 is 5.97 Å². The van der Waals surface area contributed by atoms with Crippen molar-refractivity contribution >= 4 is 41.4 Å². The van der Waals surface area contributed by atoms with Crippen LogP contribution in [0.15, 0.2) is 91.0 Å². The van der Waals surface area contributed by atoms with Crippen molar-refractivity contribution in [3.05, 3.63) is 91.0 Å². The van der Waals surface area contributed by atoms with Crippen LogP contribution in [-0.2, 0) is 4.79 Å². The summed E-state index contributed by atoms with van der Waals surface area (Å²) in [5.41, 5.74) is 5.76. The first-order valence-electron chi connectivity index (χ1n) is 8.87.